The van der Waals surface area contributed by atoms with E-state index in [4.69, 9.17) is 11.6 Å². The van der Waals surface area contributed by atoms with E-state index in [2.05, 4.69) is 10.3 Å². The average molecular weight is 356 g/mol. The number of nitrogens with zero attached hydrogens (tertiary/aromatic N) is 2. The van der Waals surface area contributed by atoms with Crippen LogP contribution in [0.15, 0.2) is 53.5 Å². The van der Waals surface area contributed by atoms with Crippen molar-refractivity contribution in [2.24, 2.45) is 10.9 Å². The number of aryl methyl sites for hydroxylation is 1. The molecule has 0 bridgehead atoms. The summed E-state index contributed by atoms with van der Waals surface area (Å²) < 4.78 is 0. The van der Waals surface area contributed by atoms with Crippen LogP contribution < -0.4 is 10.2 Å². The van der Waals surface area contributed by atoms with Crippen LogP contribution in [0.5, 0.6) is 0 Å². The molecule has 1 aliphatic heterocycles. The predicted octanol–water partition coefficient (Wildman–Crippen LogP) is 3.25. The van der Waals surface area contributed by atoms with E-state index in [1.54, 1.807) is 24.3 Å². The lowest BCUT2D eigenvalue weighted by atomic mass is 10.1. The molecule has 1 N–H and O–H groups in total. The maximum atomic E-state index is 12.6. The van der Waals surface area contributed by atoms with E-state index >= 15 is 0 Å². The summed E-state index contributed by atoms with van der Waals surface area (Å²) >= 11 is 5.82. The van der Waals surface area contributed by atoms with Crippen molar-refractivity contribution in [1.82, 2.24) is 5.32 Å². The van der Waals surface area contributed by atoms with Gasteiger partial charge < -0.3 is 0 Å². The zero-order valence-electron chi connectivity index (χ0n) is 13.3. The molecule has 126 valence electrons. The molecule has 4 amide bonds. The second kappa shape index (κ2) is 6.86. The van der Waals surface area contributed by atoms with Crippen molar-refractivity contribution >= 4 is 47.0 Å². The van der Waals surface area contributed by atoms with Gasteiger partial charge >= 0.3 is 6.03 Å². The van der Waals surface area contributed by atoms with Crippen molar-refractivity contribution in [2.75, 3.05) is 4.90 Å². The summed E-state index contributed by atoms with van der Waals surface area (Å²) in [5.74, 6) is -2.54. The second-order valence-corrected chi connectivity index (χ2v) is 5.97. The van der Waals surface area contributed by atoms with Crippen LogP contribution in [0.1, 0.15) is 5.56 Å². The highest BCUT2D eigenvalue weighted by atomic mass is 35.5. The number of anilines is 1. The van der Waals surface area contributed by atoms with Gasteiger partial charge in [0.25, 0.3) is 5.91 Å². The van der Waals surface area contributed by atoms with Gasteiger partial charge in [0.2, 0.25) is 5.91 Å². The molecular formula is C18H14ClN3O3. The molecule has 6 nitrogen and oxygen atoms in total. The Hall–Kier alpha value is -2.99. The Labute approximate surface area is 149 Å². The SMILES string of the molecule is Cc1ccc(N=C[C@@H]2C(=O)NC(=O)N(c3ccc(Cl)cc3)C2=O)cc1. The van der Waals surface area contributed by atoms with E-state index in [0.29, 0.717) is 16.4 Å². The number of amides is 4. The van der Waals surface area contributed by atoms with Crippen molar-refractivity contribution in [3.05, 3.63) is 59.1 Å². The lowest BCUT2D eigenvalue weighted by Gasteiger charge is -2.28. The topological polar surface area (TPSA) is 78.8 Å². The minimum atomic E-state index is -1.19. The minimum Gasteiger partial charge on any atom is -0.276 e. The van der Waals surface area contributed by atoms with Gasteiger partial charge in [0, 0.05) is 11.2 Å². The standard InChI is InChI=1S/C18H14ClN3O3/c1-11-2-6-13(7-3-11)20-10-15-16(23)21-18(25)22(17(15)24)14-8-4-12(19)5-9-14/h2-10,15H,1H3,(H,21,23,25)/t15-/m1/s1. The van der Waals surface area contributed by atoms with Crippen molar-refractivity contribution in [2.45, 2.75) is 6.92 Å². The molecule has 3 rings (SSSR count). The average Bonchev–Trinajstić information content (AvgIpc) is 2.57. The molecule has 2 aromatic carbocycles. The van der Waals surface area contributed by atoms with Gasteiger partial charge in [-0.05, 0) is 43.3 Å². The normalized spacial score (nSPS) is 17.9. The predicted molar refractivity (Wildman–Crippen MR) is 95.3 cm³/mol. The molecule has 2 aromatic rings. The molecule has 1 heterocycles. The Morgan fingerprint density at radius 1 is 1.04 bits per heavy atom. The van der Waals surface area contributed by atoms with E-state index in [1.165, 1.54) is 18.3 Å². The number of halogens is 1. The number of carbonyl (C=O) groups excluding carboxylic acids is 3. The first kappa shape index (κ1) is 16.9. The number of hydrogen-bond donors (Lipinski definition) is 1. The third kappa shape index (κ3) is 3.59. The third-order valence-corrected chi connectivity index (χ3v) is 3.95. The van der Waals surface area contributed by atoms with Crippen LogP contribution in [0.4, 0.5) is 16.2 Å². The number of urea groups is 1. The van der Waals surface area contributed by atoms with Gasteiger partial charge in [-0.25, -0.2) is 9.69 Å². The highest BCUT2D eigenvalue weighted by Gasteiger charge is 2.40. The molecule has 1 atom stereocenters. The van der Waals surface area contributed by atoms with Gasteiger partial charge in [-0.1, -0.05) is 29.3 Å². The minimum absolute atomic E-state index is 0.327. The lowest BCUT2D eigenvalue weighted by Crippen LogP contribution is -2.58. The van der Waals surface area contributed by atoms with Crippen LogP contribution >= 0.6 is 11.6 Å². The number of nitrogens with one attached hydrogen (secondary N) is 1. The van der Waals surface area contributed by atoms with Gasteiger partial charge in [-0.15, -0.1) is 0 Å². The van der Waals surface area contributed by atoms with Crippen LogP contribution in [0.25, 0.3) is 0 Å². The van der Waals surface area contributed by atoms with Gasteiger partial charge in [0.1, 0.15) is 0 Å². The van der Waals surface area contributed by atoms with Crippen LogP contribution in [0, 0.1) is 12.8 Å². The maximum Gasteiger partial charge on any atom is 0.335 e. The number of aliphatic imine (C=N–C) groups is 1. The molecule has 0 saturated carbocycles. The van der Waals surface area contributed by atoms with Crippen molar-refractivity contribution in [3.8, 4) is 0 Å². The van der Waals surface area contributed by atoms with Crippen LogP contribution in [0.3, 0.4) is 0 Å². The van der Waals surface area contributed by atoms with Crippen molar-refractivity contribution in [3.63, 3.8) is 0 Å². The van der Waals surface area contributed by atoms with Gasteiger partial charge in [-0.3, -0.25) is 19.9 Å². The fourth-order valence-electron chi connectivity index (χ4n) is 2.35. The van der Waals surface area contributed by atoms with Gasteiger partial charge in [0.05, 0.1) is 11.4 Å². The van der Waals surface area contributed by atoms with Crippen LogP contribution in [-0.2, 0) is 9.59 Å². The summed E-state index contributed by atoms with van der Waals surface area (Å²) in [6.45, 7) is 1.95. The molecule has 1 aliphatic rings. The van der Waals surface area contributed by atoms with Crippen LogP contribution in [-0.4, -0.2) is 24.1 Å². The number of imide groups is 2. The Kier molecular flexibility index (Phi) is 4.63. The van der Waals surface area contributed by atoms with Gasteiger partial charge in [0.15, 0.2) is 5.92 Å². The molecular weight excluding hydrogens is 342 g/mol. The summed E-state index contributed by atoms with van der Waals surface area (Å²) in [5.41, 5.74) is 2.01. The second-order valence-electron chi connectivity index (χ2n) is 5.54. The zero-order chi connectivity index (χ0) is 18.0. The number of benzene rings is 2. The fourth-order valence-corrected chi connectivity index (χ4v) is 2.47. The van der Waals surface area contributed by atoms with E-state index < -0.39 is 23.8 Å². The molecule has 1 fully saturated rings. The Morgan fingerprint density at radius 3 is 2.32 bits per heavy atom. The van der Waals surface area contributed by atoms with E-state index in [9.17, 15) is 14.4 Å². The number of carbonyl (C=O) groups is 3. The summed E-state index contributed by atoms with van der Waals surface area (Å²) in [4.78, 5) is 41.8. The number of hydrogen-bond acceptors (Lipinski definition) is 4. The third-order valence-electron chi connectivity index (χ3n) is 3.69. The molecule has 0 aliphatic carbocycles. The summed E-state index contributed by atoms with van der Waals surface area (Å²) in [7, 11) is 0. The largest absolute Gasteiger partial charge is 0.335 e. The number of barbiturate groups is 1. The molecule has 0 aromatic heterocycles. The summed E-state index contributed by atoms with van der Waals surface area (Å²) in [6.07, 6.45) is 1.25. The smallest absolute Gasteiger partial charge is 0.276 e. The van der Waals surface area contributed by atoms with E-state index in [0.717, 1.165) is 10.5 Å². The molecule has 7 heteroatoms. The molecule has 0 radical (unpaired) electrons. The fraction of sp³-hybridized carbons (Fsp3) is 0.111. The first-order valence-electron chi connectivity index (χ1n) is 7.51. The van der Waals surface area contributed by atoms with E-state index in [1.807, 2.05) is 19.1 Å². The number of rotatable bonds is 3. The van der Waals surface area contributed by atoms with Gasteiger partial charge in [-0.2, -0.15) is 0 Å². The Morgan fingerprint density at radius 2 is 1.68 bits per heavy atom. The molecule has 1 saturated heterocycles. The highest BCUT2D eigenvalue weighted by molar-refractivity contribution is 6.33. The summed E-state index contributed by atoms with van der Waals surface area (Å²) in [6, 6.07) is 12.7. The summed E-state index contributed by atoms with van der Waals surface area (Å²) in [5, 5.41) is 2.65. The maximum absolute atomic E-state index is 12.6. The quantitative estimate of drug-likeness (QED) is 0.678. The first-order chi connectivity index (χ1) is 12.0. The van der Waals surface area contributed by atoms with Crippen LogP contribution in [0.2, 0.25) is 5.02 Å². The molecule has 0 unspecified atom stereocenters. The highest BCUT2D eigenvalue weighted by Crippen LogP contribution is 2.22. The van der Waals surface area contributed by atoms with E-state index in [-0.39, 0.29) is 0 Å². The monoisotopic (exact) mass is 355 g/mol. The Balaban J connectivity index is 1.87. The lowest BCUT2D eigenvalue weighted by molar-refractivity contribution is -0.131. The molecule has 0 spiro atoms. The Bertz CT molecular complexity index is 860. The van der Waals surface area contributed by atoms with Crippen molar-refractivity contribution < 1.29 is 14.4 Å². The zero-order valence-corrected chi connectivity index (χ0v) is 14.0. The van der Waals surface area contributed by atoms with Crippen molar-refractivity contribution in [1.29, 1.82) is 0 Å². The molecule has 25 heavy (non-hydrogen) atoms. The first-order valence-corrected chi connectivity index (χ1v) is 7.89.